The molecule has 1 unspecified atom stereocenters. The van der Waals surface area contributed by atoms with Crippen molar-refractivity contribution in [2.45, 2.75) is 45.1 Å². The second-order valence-corrected chi connectivity index (χ2v) is 4.22. The first kappa shape index (κ1) is 11.4. The number of amides is 1. The van der Waals surface area contributed by atoms with E-state index < -0.39 is 0 Å². The third kappa shape index (κ3) is 2.67. The largest absolute Gasteiger partial charge is 0.392 e. The highest BCUT2D eigenvalue weighted by atomic mass is 32.1. The molecule has 80 valence electrons. The van der Waals surface area contributed by atoms with Crippen molar-refractivity contribution >= 4 is 23.1 Å². The fraction of sp³-hybridized carbons (Fsp3) is 0.800. The van der Waals surface area contributed by atoms with Crippen LogP contribution >= 0.6 is 12.2 Å². The number of thiocarbonyl (C=S) groups is 1. The highest BCUT2D eigenvalue weighted by molar-refractivity contribution is 7.80. The van der Waals surface area contributed by atoms with E-state index in [0.717, 1.165) is 32.2 Å². The maximum atomic E-state index is 11.7. The van der Waals surface area contributed by atoms with E-state index in [2.05, 4.69) is 6.92 Å². The Labute approximate surface area is 90.6 Å². The maximum absolute atomic E-state index is 11.7. The zero-order valence-electron chi connectivity index (χ0n) is 8.66. The Morgan fingerprint density at radius 1 is 1.64 bits per heavy atom. The number of carbonyl (C=O) groups excluding carboxylic acids is 1. The molecule has 1 atom stereocenters. The predicted octanol–water partition coefficient (Wildman–Crippen LogP) is 1.45. The van der Waals surface area contributed by atoms with Gasteiger partial charge in [-0.25, -0.2) is 0 Å². The smallest absolute Gasteiger partial charge is 0.223 e. The molecule has 14 heavy (non-hydrogen) atoms. The molecule has 1 saturated heterocycles. The number of carbonyl (C=O) groups is 1. The van der Waals surface area contributed by atoms with E-state index in [1.165, 1.54) is 0 Å². The Bertz CT molecular complexity index is 230. The van der Waals surface area contributed by atoms with Crippen molar-refractivity contribution in [3.05, 3.63) is 0 Å². The van der Waals surface area contributed by atoms with Gasteiger partial charge in [-0.2, -0.15) is 0 Å². The van der Waals surface area contributed by atoms with Crippen LogP contribution in [-0.4, -0.2) is 28.4 Å². The minimum absolute atomic E-state index is 0.0226. The molecule has 0 aromatic rings. The van der Waals surface area contributed by atoms with Gasteiger partial charge in [0, 0.05) is 13.0 Å². The summed E-state index contributed by atoms with van der Waals surface area (Å²) in [5.41, 5.74) is 5.59. The standard InChI is InChI=1S/C10H18N2OS/c1-2-3-6-9(13)12-7-4-5-8(12)10(11)14/h8H,2-7H2,1H3,(H2,11,14). The van der Waals surface area contributed by atoms with Gasteiger partial charge in [-0.05, 0) is 19.3 Å². The lowest BCUT2D eigenvalue weighted by Crippen LogP contribution is -2.42. The average Bonchev–Trinajstić information content (AvgIpc) is 2.62. The molecule has 0 bridgehead atoms. The lowest BCUT2D eigenvalue weighted by molar-refractivity contribution is -0.131. The topological polar surface area (TPSA) is 46.3 Å². The van der Waals surface area contributed by atoms with Crippen molar-refractivity contribution in [2.24, 2.45) is 5.73 Å². The molecule has 0 aromatic carbocycles. The molecule has 0 aromatic heterocycles. The van der Waals surface area contributed by atoms with Gasteiger partial charge in [0.1, 0.15) is 0 Å². The van der Waals surface area contributed by atoms with Crippen molar-refractivity contribution in [1.82, 2.24) is 4.90 Å². The van der Waals surface area contributed by atoms with E-state index in [1.807, 2.05) is 4.90 Å². The van der Waals surface area contributed by atoms with Gasteiger partial charge in [0.15, 0.2) is 0 Å². The van der Waals surface area contributed by atoms with Crippen LogP contribution in [0, 0.1) is 0 Å². The number of likely N-dealkylation sites (tertiary alicyclic amines) is 1. The molecular formula is C10H18N2OS. The molecule has 3 nitrogen and oxygen atoms in total. The van der Waals surface area contributed by atoms with Gasteiger partial charge in [-0.15, -0.1) is 0 Å². The first-order valence-corrected chi connectivity index (χ1v) is 5.66. The molecule has 1 heterocycles. The number of hydrogen-bond donors (Lipinski definition) is 1. The number of nitrogens with zero attached hydrogens (tertiary/aromatic N) is 1. The van der Waals surface area contributed by atoms with Crippen LogP contribution in [0.15, 0.2) is 0 Å². The monoisotopic (exact) mass is 214 g/mol. The summed E-state index contributed by atoms with van der Waals surface area (Å²) in [4.78, 5) is 14.0. The van der Waals surface area contributed by atoms with Gasteiger partial charge in [0.05, 0.1) is 11.0 Å². The van der Waals surface area contributed by atoms with Gasteiger partial charge in [0.2, 0.25) is 5.91 Å². The summed E-state index contributed by atoms with van der Waals surface area (Å²) in [7, 11) is 0. The first-order chi connectivity index (χ1) is 6.66. The zero-order chi connectivity index (χ0) is 10.6. The van der Waals surface area contributed by atoms with Gasteiger partial charge in [-0.1, -0.05) is 25.6 Å². The lowest BCUT2D eigenvalue weighted by atomic mass is 10.2. The molecule has 0 radical (unpaired) electrons. The van der Waals surface area contributed by atoms with Gasteiger partial charge >= 0.3 is 0 Å². The normalized spacial score (nSPS) is 21.2. The Balaban J connectivity index is 2.49. The summed E-state index contributed by atoms with van der Waals surface area (Å²) >= 11 is 4.95. The average molecular weight is 214 g/mol. The van der Waals surface area contributed by atoms with Crippen LogP contribution in [0.25, 0.3) is 0 Å². The molecule has 1 aliphatic heterocycles. The van der Waals surface area contributed by atoms with Crippen LogP contribution in [0.3, 0.4) is 0 Å². The quantitative estimate of drug-likeness (QED) is 0.721. The van der Waals surface area contributed by atoms with Crippen LogP contribution in [0.2, 0.25) is 0 Å². The van der Waals surface area contributed by atoms with Gasteiger partial charge < -0.3 is 10.6 Å². The van der Waals surface area contributed by atoms with Crippen LogP contribution in [-0.2, 0) is 4.79 Å². The molecule has 4 heteroatoms. The number of nitrogens with two attached hydrogens (primary N) is 1. The second kappa shape index (κ2) is 5.29. The molecule has 2 N–H and O–H groups in total. The minimum Gasteiger partial charge on any atom is -0.392 e. The molecule has 1 aliphatic rings. The summed E-state index contributed by atoms with van der Waals surface area (Å²) in [5, 5.41) is 0. The summed E-state index contributed by atoms with van der Waals surface area (Å²) in [6, 6.07) is 0.0226. The molecule has 0 aliphatic carbocycles. The summed E-state index contributed by atoms with van der Waals surface area (Å²) in [5.74, 6) is 0.210. The molecule has 1 amide bonds. The van der Waals surface area contributed by atoms with Crippen molar-refractivity contribution in [3.63, 3.8) is 0 Å². The van der Waals surface area contributed by atoms with Crippen molar-refractivity contribution in [2.75, 3.05) is 6.54 Å². The highest BCUT2D eigenvalue weighted by Gasteiger charge is 2.29. The van der Waals surface area contributed by atoms with E-state index in [-0.39, 0.29) is 11.9 Å². The van der Waals surface area contributed by atoms with E-state index in [9.17, 15) is 4.79 Å². The third-order valence-electron chi connectivity index (χ3n) is 2.65. The lowest BCUT2D eigenvalue weighted by Gasteiger charge is -2.23. The van der Waals surface area contributed by atoms with E-state index in [4.69, 9.17) is 18.0 Å². The van der Waals surface area contributed by atoms with Crippen molar-refractivity contribution in [1.29, 1.82) is 0 Å². The van der Waals surface area contributed by atoms with Crippen LogP contribution in [0.4, 0.5) is 0 Å². The first-order valence-electron chi connectivity index (χ1n) is 5.25. The molecule has 0 saturated carbocycles. The number of rotatable bonds is 4. The Kier molecular flexibility index (Phi) is 4.32. The van der Waals surface area contributed by atoms with Crippen molar-refractivity contribution < 1.29 is 4.79 Å². The summed E-state index contributed by atoms with van der Waals surface area (Å²) in [6.07, 6.45) is 4.61. The van der Waals surface area contributed by atoms with Gasteiger partial charge in [-0.3, -0.25) is 4.79 Å². The molecular weight excluding hydrogens is 196 g/mol. The summed E-state index contributed by atoms with van der Waals surface area (Å²) < 4.78 is 0. The fourth-order valence-electron chi connectivity index (χ4n) is 1.83. The Morgan fingerprint density at radius 2 is 2.36 bits per heavy atom. The second-order valence-electron chi connectivity index (χ2n) is 3.75. The van der Waals surface area contributed by atoms with E-state index in [1.54, 1.807) is 0 Å². The van der Waals surface area contributed by atoms with Crippen molar-refractivity contribution in [3.8, 4) is 0 Å². The zero-order valence-corrected chi connectivity index (χ0v) is 9.48. The van der Waals surface area contributed by atoms with E-state index in [0.29, 0.717) is 11.4 Å². The van der Waals surface area contributed by atoms with E-state index >= 15 is 0 Å². The Hall–Kier alpha value is -0.640. The minimum atomic E-state index is 0.0226. The predicted molar refractivity (Wildman–Crippen MR) is 61.0 cm³/mol. The maximum Gasteiger partial charge on any atom is 0.223 e. The number of hydrogen-bond acceptors (Lipinski definition) is 2. The molecule has 0 spiro atoms. The highest BCUT2D eigenvalue weighted by Crippen LogP contribution is 2.19. The third-order valence-corrected chi connectivity index (χ3v) is 2.92. The summed E-state index contributed by atoms with van der Waals surface area (Å²) in [6.45, 7) is 2.91. The van der Waals surface area contributed by atoms with Crippen LogP contribution in [0.1, 0.15) is 39.0 Å². The van der Waals surface area contributed by atoms with Crippen LogP contribution < -0.4 is 5.73 Å². The Morgan fingerprint density at radius 3 is 2.93 bits per heavy atom. The van der Waals surface area contributed by atoms with Crippen LogP contribution in [0.5, 0.6) is 0 Å². The van der Waals surface area contributed by atoms with Gasteiger partial charge in [0.25, 0.3) is 0 Å². The SMILES string of the molecule is CCCCC(=O)N1CCCC1C(N)=S. The number of unbranched alkanes of at least 4 members (excludes halogenated alkanes) is 1. The molecule has 1 fully saturated rings. The molecule has 1 rings (SSSR count). The fourth-order valence-corrected chi connectivity index (χ4v) is 2.08.